The summed E-state index contributed by atoms with van der Waals surface area (Å²) in [4.78, 5) is 4.50. The molecule has 1 aliphatic rings. The van der Waals surface area contributed by atoms with E-state index in [1.165, 1.54) is 11.8 Å². The number of halogens is 2. The molecule has 2 aromatic heterocycles. The highest BCUT2D eigenvalue weighted by molar-refractivity contribution is 7.98. The Balaban J connectivity index is 1.56. The number of ether oxygens (including phenoxy) is 1. The fourth-order valence-corrected chi connectivity index (χ4v) is 3.99. The van der Waals surface area contributed by atoms with Gasteiger partial charge in [0.05, 0.1) is 5.02 Å². The molecule has 0 bridgehead atoms. The predicted molar refractivity (Wildman–Crippen MR) is 118 cm³/mol. The summed E-state index contributed by atoms with van der Waals surface area (Å²) in [7, 11) is 0. The highest BCUT2D eigenvalue weighted by Gasteiger charge is 2.28. The summed E-state index contributed by atoms with van der Waals surface area (Å²) in [5, 5.41) is 13.5. The van der Waals surface area contributed by atoms with E-state index in [4.69, 9.17) is 32.4 Å². The van der Waals surface area contributed by atoms with Crippen LogP contribution in [0, 0.1) is 0 Å². The molecule has 0 saturated carbocycles. The Morgan fingerprint density at radius 3 is 2.70 bits per heavy atom. The van der Waals surface area contributed by atoms with Crippen molar-refractivity contribution in [3.63, 3.8) is 0 Å². The first-order valence-electron chi connectivity index (χ1n) is 8.99. The van der Waals surface area contributed by atoms with Gasteiger partial charge in [0.2, 0.25) is 17.3 Å². The minimum atomic E-state index is -0.612. The Morgan fingerprint density at radius 2 is 1.87 bits per heavy atom. The number of aromatic nitrogens is 3. The first kappa shape index (κ1) is 19.2. The number of hydrogen-bond acceptors (Lipinski definition) is 7. The minimum absolute atomic E-state index is 0.388. The lowest BCUT2D eigenvalue weighted by Crippen LogP contribution is -2.16. The monoisotopic (exact) mass is 456 g/mol. The van der Waals surface area contributed by atoms with E-state index in [0.29, 0.717) is 38.3 Å². The molecule has 4 aromatic rings. The lowest BCUT2D eigenvalue weighted by molar-refractivity contribution is 0.196. The Hall–Kier alpha value is -2.74. The molecule has 3 heterocycles. The molecule has 0 saturated heterocycles. The summed E-state index contributed by atoms with van der Waals surface area (Å²) in [6, 6.07) is 16.7. The van der Waals surface area contributed by atoms with E-state index >= 15 is 0 Å². The quantitative estimate of drug-likeness (QED) is 0.361. The van der Waals surface area contributed by atoms with Crippen molar-refractivity contribution in [2.75, 3.05) is 11.6 Å². The molecule has 0 radical (unpaired) electrons. The zero-order chi connectivity index (χ0) is 20.7. The fourth-order valence-electron chi connectivity index (χ4n) is 3.19. The molecule has 2 aromatic carbocycles. The van der Waals surface area contributed by atoms with E-state index in [1.807, 2.05) is 48.7 Å². The molecule has 1 aliphatic heterocycles. The summed E-state index contributed by atoms with van der Waals surface area (Å²) in [5.74, 6) is 1.57. The molecule has 1 atom stereocenters. The second kappa shape index (κ2) is 7.83. The third kappa shape index (κ3) is 3.49. The lowest BCUT2D eigenvalue weighted by Gasteiger charge is -2.16. The zero-order valence-electron chi connectivity index (χ0n) is 15.6. The Kier molecular flexibility index (Phi) is 5.02. The molecule has 9 heteroatoms. The first-order valence-corrected chi connectivity index (χ1v) is 11.0. The van der Waals surface area contributed by atoms with Crippen molar-refractivity contribution >= 4 is 40.7 Å². The van der Waals surface area contributed by atoms with E-state index in [1.54, 1.807) is 12.1 Å². The van der Waals surface area contributed by atoms with E-state index in [9.17, 15) is 0 Å². The van der Waals surface area contributed by atoms with Crippen LogP contribution in [0.2, 0.25) is 10.0 Å². The number of furan rings is 1. The van der Waals surface area contributed by atoms with Crippen molar-refractivity contribution in [3.8, 4) is 28.5 Å². The van der Waals surface area contributed by atoms with Gasteiger partial charge in [0.15, 0.2) is 11.5 Å². The second-order valence-electron chi connectivity index (χ2n) is 6.47. The van der Waals surface area contributed by atoms with E-state index < -0.39 is 6.23 Å². The minimum Gasteiger partial charge on any atom is -0.455 e. The van der Waals surface area contributed by atoms with Crippen molar-refractivity contribution in [1.82, 2.24) is 15.2 Å². The fraction of sp³-hybridized carbons (Fsp3) is 0.0952. The predicted octanol–water partition coefficient (Wildman–Crippen LogP) is 6.33. The summed E-state index contributed by atoms with van der Waals surface area (Å²) < 4.78 is 12.3. The van der Waals surface area contributed by atoms with Crippen molar-refractivity contribution in [3.05, 3.63) is 70.4 Å². The zero-order valence-corrected chi connectivity index (χ0v) is 17.9. The molecule has 1 N–H and O–H groups in total. The number of benzene rings is 2. The van der Waals surface area contributed by atoms with Crippen LogP contribution in [0.15, 0.2) is 64.2 Å². The Morgan fingerprint density at radius 1 is 1.00 bits per heavy atom. The summed E-state index contributed by atoms with van der Waals surface area (Å²) in [6.45, 7) is 0. The number of fused-ring (bicyclic) bond motifs is 3. The molecule has 0 aliphatic carbocycles. The Labute approximate surface area is 186 Å². The van der Waals surface area contributed by atoms with Gasteiger partial charge in [0, 0.05) is 21.8 Å². The smallest absolute Gasteiger partial charge is 0.247 e. The average Bonchev–Trinajstić information content (AvgIpc) is 3.17. The molecule has 0 amide bonds. The van der Waals surface area contributed by atoms with Crippen LogP contribution < -0.4 is 10.1 Å². The molecule has 6 nitrogen and oxygen atoms in total. The van der Waals surface area contributed by atoms with Gasteiger partial charge in [0.1, 0.15) is 5.76 Å². The van der Waals surface area contributed by atoms with Crippen LogP contribution in [0.25, 0.3) is 22.6 Å². The molecule has 0 spiro atoms. The number of hydrogen-bond donors (Lipinski definition) is 1. The van der Waals surface area contributed by atoms with Gasteiger partial charge in [-0.05, 0) is 42.7 Å². The van der Waals surface area contributed by atoms with Crippen LogP contribution in [0.4, 0.5) is 5.69 Å². The molecule has 0 fully saturated rings. The number of nitrogens with zero attached hydrogens (tertiary/aromatic N) is 3. The van der Waals surface area contributed by atoms with Gasteiger partial charge in [0.25, 0.3) is 0 Å². The van der Waals surface area contributed by atoms with Gasteiger partial charge < -0.3 is 14.5 Å². The van der Waals surface area contributed by atoms with E-state index in [-0.39, 0.29) is 0 Å². The SMILES string of the molecule is CSc1nnc2c(n1)OC(c1ccc(-c3ccc(Cl)cc3Cl)o1)Nc1ccccc1-2. The molecular weight excluding hydrogens is 443 g/mol. The van der Waals surface area contributed by atoms with Gasteiger partial charge in [-0.15, -0.1) is 10.2 Å². The largest absolute Gasteiger partial charge is 0.455 e. The number of rotatable bonds is 3. The van der Waals surface area contributed by atoms with Crippen LogP contribution in [0.5, 0.6) is 5.88 Å². The normalized spacial score (nSPS) is 14.8. The van der Waals surface area contributed by atoms with Gasteiger partial charge in [-0.2, -0.15) is 4.98 Å². The molecule has 1 unspecified atom stereocenters. The summed E-state index contributed by atoms with van der Waals surface area (Å²) in [5.41, 5.74) is 3.02. The van der Waals surface area contributed by atoms with Crippen molar-refractivity contribution in [1.29, 1.82) is 0 Å². The van der Waals surface area contributed by atoms with Crippen molar-refractivity contribution < 1.29 is 9.15 Å². The lowest BCUT2D eigenvalue weighted by atomic mass is 10.1. The highest BCUT2D eigenvalue weighted by atomic mass is 35.5. The van der Waals surface area contributed by atoms with Crippen LogP contribution in [0.3, 0.4) is 0 Å². The van der Waals surface area contributed by atoms with Crippen molar-refractivity contribution in [2.24, 2.45) is 0 Å². The summed E-state index contributed by atoms with van der Waals surface area (Å²) in [6.07, 6.45) is 1.27. The van der Waals surface area contributed by atoms with E-state index in [2.05, 4.69) is 20.5 Å². The molecular formula is C21H14Cl2N4O2S. The average molecular weight is 457 g/mol. The maximum atomic E-state index is 6.33. The van der Waals surface area contributed by atoms with Crippen LogP contribution in [0.1, 0.15) is 12.0 Å². The molecule has 5 rings (SSSR count). The first-order chi connectivity index (χ1) is 14.6. The molecule has 150 valence electrons. The number of para-hydroxylation sites is 1. The Bertz CT molecular complexity index is 1250. The topological polar surface area (TPSA) is 73.1 Å². The number of nitrogens with one attached hydrogen (secondary N) is 1. The van der Waals surface area contributed by atoms with Crippen LogP contribution in [-0.2, 0) is 0 Å². The van der Waals surface area contributed by atoms with Gasteiger partial charge in [-0.1, -0.05) is 53.2 Å². The second-order valence-corrected chi connectivity index (χ2v) is 8.08. The number of thioether (sulfide) groups is 1. The van der Waals surface area contributed by atoms with Crippen molar-refractivity contribution in [2.45, 2.75) is 11.4 Å². The third-order valence-corrected chi connectivity index (χ3v) is 5.68. The van der Waals surface area contributed by atoms with Gasteiger partial charge in [-0.3, -0.25) is 0 Å². The number of anilines is 1. The highest BCUT2D eigenvalue weighted by Crippen LogP contribution is 2.40. The van der Waals surface area contributed by atoms with E-state index in [0.717, 1.165) is 16.8 Å². The van der Waals surface area contributed by atoms with Crippen LogP contribution >= 0.6 is 35.0 Å². The third-order valence-electron chi connectivity index (χ3n) is 4.60. The summed E-state index contributed by atoms with van der Waals surface area (Å²) >= 11 is 13.7. The maximum Gasteiger partial charge on any atom is 0.247 e. The van der Waals surface area contributed by atoms with Gasteiger partial charge in [-0.25, -0.2) is 0 Å². The van der Waals surface area contributed by atoms with Crippen LogP contribution in [-0.4, -0.2) is 21.4 Å². The standard InChI is InChI=1S/C21H14Cl2N4O2S/c1-30-21-25-20-18(26-27-21)13-4-2-3-5-15(13)24-19(29-20)17-9-8-16(28-17)12-7-6-11(22)10-14(12)23/h2-10,19,24H,1H3. The molecule has 30 heavy (non-hydrogen) atoms. The van der Waals surface area contributed by atoms with Gasteiger partial charge >= 0.3 is 0 Å². The maximum absolute atomic E-state index is 6.33.